The number of unbranched alkanes of at least 4 members (excludes halogenated alkanes) is 15. The summed E-state index contributed by atoms with van der Waals surface area (Å²) in [6.07, 6.45) is 26.7. The summed E-state index contributed by atoms with van der Waals surface area (Å²) in [5, 5.41) is 17.5. The summed E-state index contributed by atoms with van der Waals surface area (Å²) in [6.45, 7) is 2.27. The first-order valence-corrected chi connectivity index (χ1v) is 13.5. The van der Waals surface area contributed by atoms with Gasteiger partial charge in [0.2, 0.25) is 0 Å². The number of hydrogen-bond donors (Lipinski definition) is 2. The van der Waals surface area contributed by atoms with E-state index < -0.39 is 11.9 Å². The van der Waals surface area contributed by atoms with Crippen LogP contribution in [0.3, 0.4) is 0 Å². The van der Waals surface area contributed by atoms with Gasteiger partial charge in [0.15, 0.2) is 0 Å². The third-order valence-electron chi connectivity index (χ3n) is 6.47. The smallest absolute Gasteiger partial charge is 0.303 e. The number of aliphatic carboxylic acids is 2. The van der Waals surface area contributed by atoms with Gasteiger partial charge in [-0.05, 0) is 18.8 Å². The molecule has 0 saturated heterocycles. The van der Waals surface area contributed by atoms with Crippen molar-refractivity contribution in [2.24, 2.45) is 5.92 Å². The van der Waals surface area contributed by atoms with Gasteiger partial charge in [-0.1, -0.05) is 129 Å². The van der Waals surface area contributed by atoms with E-state index in [1.165, 1.54) is 96.3 Å². The highest BCUT2D eigenvalue weighted by molar-refractivity contribution is 5.66. The van der Waals surface area contributed by atoms with Crippen molar-refractivity contribution in [1.82, 2.24) is 0 Å². The minimum absolute atomic E-state index is 0.290. The third-order valence-corrected chi connectivity index (χ3v) is 6.47. The molecule has 0 aromatic rings. The van der Waals surface area contributed by atoms with Crippen LogP contribution in [-0.2, 0) is 9.59 Å². The van der Waals surface area contributed by atoms with Crippen molar-refractivity contribution in [2.75, 3.05) is 0 Å². The number of hydrogen-bond acceptors (Lipinski definition) is 2. The van der Waals surface area contributed by atoms with Crippen molar-refractivity contribution in [3.05, 3.63) is 0 Å². The molecule has 0 atom stereocenters. The van der Waals surface area contributed by atoms with E-state index in [1.54, 1.807) is 0 Å². The van der Waals surface area contributed by atoms with Gasteiger partial charge < -0.3 is 10.2 Å². The van der Waals surface area contributed by atoms with Gasteiger partial charge in [-0.25, -0.2) is 0 Å². The molecule has 4 heteroatoms. The molecular formula is C27H52O4. The fourth-order valence-electron chi connectivity index (χ4n) is 4.48. The summed E-state index contributed by atoms with van der Waals surface area (Å²) in [5.41, 5.74) is 0. The van der Waals surface area contributed by atoms with Gasteiger partial charge in [-0.3, -0.25) is 9.59 Å². The second-order valence-electron chi connectivity index (χ2n) is 9.53. The molecule has 0 rings (SSSR count). The minimum Gasteiger partial charge on any atom is -0.481 e. The van der Waals surface area contributed by atoms with Crippen LogP contribution in [0.5, 0.6) is 0 Å². The van der Waals surface area contributed by atoms with Gasteiger partial charge in [-0.2, -0.15) is 0 Å². The zero-order valence-electron chi connectivity index (χ0n) is 20.6. The minimum atomic E-state index is -0.688. The monoisotopic (exact) mass is 440 g/mol. The summed E-state index contributed by atoms with van der Waals surface area (Å²) in [6, 6.07) is 0. The molecule has 0 amide bonds. The molecule has 0 fully saturated rings. The van der Waals surface area contributed by atoms with E-state index >= 15 is 0 Å². The van der Waals surface area contributed by atoms with Crippen LogP contribution in [0, 0.1) is 5.92 Å². The van der Waals surface area contributed by atoms with Crippen LogP contribution in [0.2, 0.25) is 0 Å². The zero-order chi connectivity index (χ0) is 23.0. The Hall–Kier alpha value is -1.06. The number of rotatable bonds is 25. The largest absolute Gasteiger partial charge is 0.481 e. The van der Waals surface area contributed by atoms with E-state index in [2.05, 4.69) is 6.92 Å². The maximum absolute atomic E-state index is 10.6. The SMILES string of the molecule is CCCCCCCCCCCCCCC(CCCCCC(=O)O)CCCCCC(=O)O. The van der Waals surface area contributed by atoms with E-state index in [9.17, 15) is 9.59 Å². The van der Waals surface area contributed by atoms with E-state index in [-0.39, 0.29) is 0 Å². The highest BCUT2D eigenvalue weighted by atomic mass is 16.4. The molecule has 184 valence electrons. The second kappa shape index (κ2) is 23.6. The molecule has 0 aliphatic rings. The Balaban J connectivity index is 3.78. The fraction of sp³-hybridized carbons (Fsp3) is 0.926. The van der Waals surface area contributed by atoms with E-state index in [0.717, 1.165) is 44.4 Å². The van der Waals surface area contributed by atoms with Crippen LogP contribution in [0.4, 0.5) is 0 Å². The van der Waals surface area contributed by atoms with Crippen LogP contribution >= 0.6 is 0 Å². The van der Waals surface area contributed by atoms with E-state index in [1.807, 2.05) is 0 Å². The molecule has 0 radical (unpaired) electrons. The van der Waals surface area contributed by atoms with Crippen molar-refractivity contribution < 1.29 is 19.8 Å². The Morgan fingerprint density at radius 3 is 1.10 bits per heavy atom. The molecule has 0 aromatic heterocycles. The Morgan fingerprint density at radius 2 is 0.774 bits per heavy atom. The first-order chi connectivity index (χ1) is 15.1. The summed E-state index contributed by atoms with van der Waals surface area (Å²) < 4.78 is 0. The van der Waals surface area contributed by atoms with Gasteiger partial charge in [0.1, 0.15) is 0 Å². The molecule has 0 aliphatic heterocycles. The normalized spacial score (nSPS) is 11.3. The lowest BCUT2D eigenvalue weighted by Gasteiger charge is -2.17. The van der Waals surface area contributed by atoms with E-state index in [0.29, 0.717) is 12.8 Å². The first-order valence-electron chi connectivity index (χ1n) is 13.5. The molecular weight excluding hydrogens is 388 g/mol. The van der Waals surface area contributed by atoms with Crippen molar-refractivity contribution in [3.8, 4) is 0 Å². The van der Waals surface area contributed by atoms with Gasteiger partial charge in [-0.15, -0.1) is 0 Å². The average Bonchev–Trinajstić information content (AvgIpc) is 2.73. The van der Waals surface area contributed by atoms with Crippen molar-refractivity contribution in [3.63, 3.8) is 0 Å². The predicted octanol–water partition coefficient (Wildman–Crippen LogP) is 8.76. The van der Waals surface area contributed by atoms with Crippen molar-refractivity contribution in [2.45, 2.75) is 155 Å². The third kappa shape index (κ3) is 25.1. The molecule has 0 spiro atoms. The van der Waals surface area contributed by atoms with Crippen LogP contribution in [0.15, 0.2) is 0 Å². The molecule has 0 heterocycles. The number of carbonyl (C=O) groups is 2. The van der Waals surface area contributed by atoms with E-state index in [4.69, 9.17) is 10.2 Å². The fourth-order valence-corrected chi connectivity index (χ4v) is 4.48. The quantitative estimate of drug-likeness (QED) is 0.139. The van der Waals surface area contributed by atoms with Gasteiger partial charge in [0.05, 0.1) is 0 Å². The van der Waals surface area contributed by atoms with Crippen molar-refractivity contribution in [1.29, 1.82) is 0 Å². The van der Waals surface area contributed by atoms with Crippen LogP contribution in [0.25, 0.3) is 0 Å². The highest BCUT2D eigenvalue weighted by Gasteiger charge is 2.09. The highest BCUT2D eigenvalue weighted by Crippen LogP contribution is 2.24. The summed E-state index contributed by atoms with van der Waals surface area (Å²) >= 11 is 0. The zero-order valence-corrected chi connectivity index (χ0v) is 20.6. The summed E-state index contributed by atoms with van der Waals surface area (Å²) in [4.78, 5) is 21.3. The molecule has 0 unspecified atom stereocenters. The molecule has 31 heavy (non-hydrogen) atoms. The van der Waals surface area contributed by atoms with Gasteiger partial charge in [0.25, 0.3) is 0 Å². The lowest BCUT2D eigenvalue weighted by Crippen LogP contribution is -2.02. The van der Waals surface area contributed by atoms with Gasteiger partial charge >= 0.3 is 11.9 Å². The van der Waals surface area contributed by atoms with Crippen LogP contribution in [0.1, 0.15) is 155 Å². The second-order valence-corrected chi connectivity index (χ2v) is 9.53. The molecule has 4 nitrogen and oxygen atoms in total. The first kappa shape index (κ1) is 29.9. The predicted molar refractivity (Wildman–Crippen MR) is 131 cm³/mol. The maximum atomic E-state index is 10.6. The number of carboxylic acids is 2. The topological polar surface area (TPSA) is 74.6 Å². The average molecular weight is 441 g/mol. The van der Waals surface area contributed by atoms with Crippen molar-refractivity contribution >= 4 is 11.9 Å². The Morgan fingerprint density at radius 1 is 0.484 bits per heavy atom. The van der Waals surface area contributed by atoms with Crippen LogP contribution < -0.4 is 0 Å². The standard InChI is InChI=1S/C27H52O4/c1-2-3-4-5-6-7-8-9-10-11-12-15-20-25(21-16-13-18-23-26(28)29)22-17-14-19-24-27(30)31/h25H,2-24H2,1H3,(H,28,29)(H,30,31). The maximum Gasteiger partial charge on any atom is 0.303 e. The van der Waals surface area contributed by atoms with Gasteiger partial charge in [0, 0.05) is 12.8 Å². The molecule has 0 aliphatic carbocycles. The molecule has 0 saturated carbocycles. The Bertz CT molecular complexity index is 384. The lowest BCUT2D eigenvalue weighted by molar-refractivity contribution is -0.138. The molecule has 2 N–H and O–H groups in total. The molecule has 0 bridgehead atoms. The number of carboxylic acid groups (broad SMARTS) is 2. The Labute approximate surface area is 192 Å². The summed E-state index contributed by atoms with van der Waals surface area (Å²) in [7, 11) is 0. The molecule has 0 aromatic carbocycles. The summed E-state index contributed by atoms with van der Waals surface area (Å²) in [5.74, 6) is -0.643. The lowest BCUT2D eigenvalue weighted by atomic mass is 9.89. The Kier molecular flexibility index (Phi) is 22.8. The van der Waals surface area contributed by atoms with Crippen LogP contribution in [-0.4, -0.2) is 22.2 Å².